The van der Waals surface area contributed by atoms with Crippen LogP contribution in [0.25, 0.3) is 11.3 Å². The van der Waals surface area contributed by atoms with Gasteiger partial charge in [-0.1, -0.05) is 5.21 Å². The van der Waals surface area contributed by atoms with Gasteiger partial charge in [0, 0.05) is 12.1 Å². The van der Waals surface area contributed by atoms with Gasteiger partial charge in [0.1, 0.15) is 11.4 Å². The first-order chi connectivity index (χ1) is 8.83. The van der Waals surface area contributed by atoms with Crippen LogP contribution in [0.5, 0.6) is 5.75 Å². The zero-order valence-corrected chi connectivity index (χ0v) is 10.5. The summed E-state index contributed by atoms with van der Waals surface area (Å²) in [6.07, 6.45) is 2.84. The number of nitrogens with two attached hydrogens (primary N) is 1. The lowest BCUT2D eigenvalue weighted by Crippen LogP contribution is -2.06. The summed E-state index contributed by atoms with van der Waals surface area (Å²) in [7, 11) is 0. The number of rotatable bonds is 6. The molecule has 2 N–H and O–H groups in total. The molecular weight excluding hydrogens is 228 g/mol. The maximum Gasteiger partial charge on any atom is 0.119 e. The lowest BCUT2D eigenvalue weighted by atomic mass is 10.2. The molecule has 0 fully saturated rings. The molecule has 0 bridgehead atoms. The summed E-state index contributed by atoms with van der Waals surface area (Å²) in [5.41, 5.74) is 7.37. The second kappa shape index (κ2) is 6.16. The van der Waals surface area contributed by atoms with E-state index in [9.17, 15) is 0 Å². The average Bonchev–Trinajstić information content (AvgIpc) is 2.86. The number of aromatic nitrogens is 3. The number of benzene rings is 1. The summed E-state index contributed by atoms with van der Waals surface area (Å²) in [4.78, 5) is 0. The molecule has 0 saturated carbocycles. The predicted octanol–water partition coefficient (Wildman–Crippen LogP) is 1.69. The van der Waals surface area contributed by atoms with Gasteiger partial charge in [0.05, 0.1) is 12.8 Å². The second-order valence-electron chi connectivity index (χ2n) is 3.97. The molecule has 0 aliphatic heterocycles. The van der Waals surface area contributed by atoms with E-state index in [1.165, 1.54) is 0 Å². The summed E-state index contributed by atoms with van der Waals surface area (Å²) in [6.45, 7) is 4.12. The molecule has 5 nitrogen and oxygen atoms in total. The Balaban J connectivity index is 2.08. The van der Waals surface area contributed by atoms with Crippen LogP contribution in [0.3, 0.4) is 0 Å². The first-order valence-corrected chi connectivity index (χ1v) is 6.17. The summed E-state index contributed by atoms with van der Waals surface area (Å²) in [5, 5.41) is 8.22. The number of nitrogens with zero attached hydrogens (tertiary/aromatic N) is 3. The van der Waals surface area contributed by atoms with Crippen LogP contribution in [0.15, 0.2) is 30.5 Å². The SMILES string of the molecule is CCOc1ccc(-c2cn(CCCN)nn2)cc1. The van der Waals surface area contributed by atoms with Gasteiger partial charge in [0.2, 0.25) is 0 Å². The molecule has 0 spiro atoms. The molecule has 2 aromatic rings. The summed E-state index contributed by atoms with van der Waals surface area (Å²) in [5.74, 6) is 0.872. The van der Waals surface area contributed by atoms with Gasteiger partial charge in [-0.15, -0.1) is 5.10 Å². The Morgan fingerprint density at radius 3 is 2.72 bits per heavy atom. The monoisotopic (exact) mass is 246 g/mol. The third kappa shape index (κ3) is 3.07. The first-order valence-electron chi connectivity index (χ1n) is 6.17. The van der Waals surface area contributed by atoms with Gasteiger partial charge in [-0.2, -0.15) is 0 Å². The summed E-state index contributed by atoms with van der Waals surface area (Å²) >= 11 is 0. The van der Waals surface area contributed by atoms with E-state index in [-0.39, 0.29) is 0 Å². The first kappa shape index (κ1) is 12.6. The highest BCUT2D eigenvalue weighted by molar-refractivity contribution is 5.58. The van der Waals surface area contributed by atoms with Crippen LogP contribution in [-0.2, 0) is 6.54 Å². The van der Waals surface area contributed by atoms with Crippen LogP contribution in [0, 0.1) is 0 Å². The van der Waals surface area contributed by atoms with Gasteiger partial charge in [-0.3, -0.25) is 4.68 Å². The molecule has 96 valence electrons. The fraction of sp³-hybridized carbons (Fsp3) is 0.385. The number of hydrogen-bond acceptors (Lipinski definition) is 4. The van der Waals surface area contributed by atoms with Crippen LogP contribution in [0.1, 0.15) is 13.3 Å². The lowest BCUT2D eigenvalue weighted by Gasteiger charge is -2.02. The molecule has 0 amide bonds. The highest BCUT2D eigenvalue weighted by Gasteiger charge is 2.03. The van der Waals surface area contributed by atoms with Gasteiger partial charge >= 0.3 is 0 Å². The van der Waals surface area contributed by atoms with Crippen molar-refractivity contribution in [2.24, 2.45) is 5.73 Å². The molecule has 1 aromatic heterocycles. The smallest absolute Gasteiger partial charge is 0.119 e. The van der Waals surface area contributed by atoms with Crippen molar-refractivity contribution in [1.82, 2.24) is 15.0 Å². The summed E-state index contributed by atoms with van der Waals surface area (Å²) in [6, 6.07) is 7.86. The molecule has 0 atom stereocenters. The number of ether oxygens (including phenoxy) is 1. The Labute approximate surface area is 107 Å². The minimum Gasteiger partial charge on any atom is -0.494 e. The minimum atomic E-state index is 0.665. The van der Waals surface area contributed by atoms with Crippen molar-refractivity contribution in [2.75, 3.05) is 13.2 Å². The van der Waals surface area contributed by atoms with Crippen LogP contribution < -0.4 is 10.5 Å². The van der Waals surface area contributed by atoms with E-state index in [0.29, 0.717) is 13.2 Å². The van der Waals surface area contributed by atoms with Gasteiger partial charge in [-0.05, 0) is 44.2 Å². The van der Waals surface area contributed by atoms with Crippen molar-refractivity contribution in [3.63, 3.8) is 0 Å². The molecule has 1 aromatic carbocycles. The van der Waals surface area contributed by atoms with Crippen molar-refractivity contribution < 1.29 is 4.74 Å². The Hall–Kier alpha value is -1.88. The summed E-state index contributed by atoms with van der Waals surface area (Å²) < 4.78 is 7.22. The number of aryl methyl sites for hydroxylation is 1. The van der Waals surface area contributed by atoms with E-state index in [2.05, 4.69) is 10.3 Å². The third-order valence-corrected chi connectivity index (χ3v) is 2.59. The van der Waals surface area contributed by atoms with Crippen molar-refractivity contribution in [3.8, 4) is 17.0 Å². The van der Waals surface area contributed by atoms with E-state index in [4.69, 9.17) is 10.5 Å². The van der Waals surface area contributed by atoms with Gasteiger partial charge < -0.3 is 10.5 Å². The molecule has 0 aliphatic rings. The van der Waals surface area contributed by atoms with Gasteiger partial charge in [-0.25, -0.2) is 0 Å². The molecule has 0 saturated heterocycles. The maximum absolute atomic E-state index is 5.46. The standard InChI is InChI=1S/C13H18N4O/c1-2-18-12-6-4-11(5-7-12)13-10-17(16-15-13)9-3-8-14/h4-7,10H,2-3,8-9,14H2,1H3. The molecule has 0 unspecified atom stereocenters. The molecule has 0 radical (unpaired) electrons. The minimum absolute atomic E-state index is 0.665. The lowest BCUT2D eigenvalue weighted by molar-refractivity contribution is 0.340. The highest BCUT2D eigenvalue weighted by Crippen LogP contribution is 2.20. The zero-order valence-electron chi connectivity index (χ0n) is 10.5. The van der Waals surface area contributed by atoms with Crippen molar-refractivity contribution in [1.29, 1.82) is 0 Å². The Kier molecular flexibility index (Phi) is 4.30. The Morgan fingerprint density at radius 2 is 2.06 bits per heavy atom. The van der Waals surface area contributed by atoms with Crippen molar-refractivity contribution in [3.05, 3.63) is 30.5 Å². The molecule has 5 heteroatoms. The normalized spacial score (nSPS) is 10.6. The van der Waals surface area contributed by atoms with E-state index >= 15 is 0 Å². The maximum atomic E-state index is 5.46. The third-order valence-electron chi connectivity index (χ3n) is 2.59. The average molecular weight is 246 g/mol. The van der Waals surface area contributed by atoms with E-state index in [1.54, 1.807) is 0 Å². The van der Waals surface area contributed by atoms with Crippen LogP contribution in [0.4, 0.5) is 0 Å². The van der Waals surface area contributed by atoms with Gasteiger partial charge in [0.25, 0.3) is 0 Å². The van der Waals surface area contributed by atoms with E-state index in [0.717, 1.165) is 30.0 Å². The molecule has 0 aliphatic carbocycles. The Bertz CT molecular complexity index is 478. The highest BCUT2D eigenvalue weighted by atomic mass is 16.5. The topological polar surface area (TPSA) is 66.0 Å². The van der Waals surface area contributed by atoms with Crippen LogP contribution in [0.2, 0.25) is 0 Å². The largest absolute Gasteiger partial charge is 0.494 e. The molecule has 18 heavy (non-hydrogen) atoms. The van der Waals surface area contributed by atoms with Crippen molar-refractivity contribution >= 4 is 0 Å². The fourth-order valence-corrected chi connectivity index (χ4v) is 1.68. The molecular formula is C13H18N4O. The second-order valence-corrected chi connectivity index (χ2v) is 3.97. The van der Waals surface area contributed by atoms with E-state index in [1.807, 2.05) is 42.1 Å². The quantitative estimate of drug-likeness (QED) is 0.842. The van der Waals surface area contributed by atoms with Crippen LogP contribution >= 0.6 is 0 Å². The Morgan fingerprint density at radius 1 is 1.28 bits per heavy atom. The van der Waals surface area contributed by atoms with E-state index < -0.39 is 0 Å². The molecule has 1 heterocycles. The number of hydrogen-bond donors (Lipinski definition) is 1. The van der Waals surface area contributed by atoms with Crippen molar-refractivity contribution in [2.45, 2.75) is 19.9 Å². The zero-order chi connectivity index (χ0) is 12.8. The fourth-order valence-electron chi connectivity index (χ4n) is 1.68. The van der Waals surface area contributed by atoms with Gasteiger partial charge in [0.15, 0.2) is 0 Å². The van der Waals surface area contributed by atoms with Crippen LogP contribution in [-0.4, -0.2) is 28.1 Å². The molecule has 2 rings (SSSR count). The predicted molar refractivity (Wildman–Crippen MR) is 70.3 cm³/mol.